The van der Waals surface area contributed by atoms with Gasteiger partial charge in [0, 0.05) is 18.9 Å². The van der Waals surface area contributed by atoms with Crippen LogP contribution < -0.4 is 5.32 Å². The van der Waals surface area contributed by atoms with E-state index in [1.54, 1.807) is 0 Å². The van der Waals surface area contributed by atoms with Gasteiger partial charge in [-0.2, -0.15) is 0 Å². The summed E-state index contributed by atoms with van der Waals surface area (Å²) >= 11 is 0. The molecule has 1 aliphatic carbocycles. The van der Waals surface area contributed by atoms with Gasteiger partial charge in [0.05, 0.1) is 0 Å². The zero-order valence-corrected chi connectivity index (χ0v) is 12.9. The smallest absolute Gasteiger partial charge is 0.303 e. The van der Waals surface area contributed by atoms with Crippen molar-refractivity contribution < 1.29 is 14.7 Å². The maximum absolute atomic E-state index is 12.1. The lowest BCUT2D eigenvalue weighted by molar-refractivity contribution is -0.137. The zero-order chi connectivity index (χ0) is 15.0. The fourth-order valence-corrected chi connectivity index (χ4v) is 3.23. The van der Waals surface area contributed by atoms with E-state index < -0.39 is 5.97 Å². The molecule has 1 amide bonds. The van der Waals surface area contributed by atoms with E-state index in [0.29, 0.717) is 18.4 Å². The van der Waals surface area contributed by atoms with E-state index in [4.69, 9.17) is 5.11 Å². The first kappa shape index (κ1) is 17.0. The molecule has 0 aromatic heterocycles. The average molecular weight is 283 g/mol. The molecule has 0 aromatic carbocycles. The Hall–Kier alpha value is -1.06. The highest BCUT2D eigenvalue weighted by Gasteiger charge is 2.29. The number of rotatable bonds is 9. The first-order valence-electron chi connectivity index (χ1n) is 8.04. The number of carboxylic acids is 1. The summed E-state index contributed by atoms with van der Waals surface area (Å²) in [5.41, 5.74) is 0. The number of carbonyl (C=O) groups excluding carboxylic acids is 1. The second kappa shape index (κ2) is 8.98. The van der Waals surface area contributed by atoms with E-state index in [2.05, 4.69) is 19.2 Å². The van der Waals surface area contributed by atoms with E-state index in [1.807, 2.05) is 0 Å². The van der Waals surface area contributed by atoms with Gasteiger partial charge in [0.25, 0.3) is 0 Å². The first-order valence-corrected chi connectivity index (χ1v) is 8.04. The highest BCUT2D eigenvalue weighted by atomic mass is 16.4. The third-order valence-corrected chi connectivity index (χ3v) is 4.51. The minimum Gasteiger partial charge on any atom is -0.481 e. The van der Waals surface area contributed by atoms with Crippen molar-refractivity contribution in [2.75, 3.05) is 6.54 Å². The van der Waals surface area contributed by atoms with Crippen LogP contribution in [0.5, 0.6) is 0 Å². The number of carboxylic acid groups (broad SMARTS) is 1. The van der Waals surface area contributed by atoms with Gasteiger partial charge in [-0.05, 0) is 37.5 Å². The predicted molar refractivity (Wildman–Crippen MR) is 79.4 cm³/mol. The van der Waals surface area contributed by atoms with Crippen LogP contribution in [0.3, 0.4) is 0 Å². The third-order valence-electron chi connectivity index (χ3n) is 4.51. The molecule has 0 spiro atoms. The summed E-state index contributed by atoms with van der Waals surface area (Å²) in [6.07, 6.45) is 7.31. The Morgan fingerprint density at radius 1 is 1.25 bits per heavy atom. The molecule has 1 aliphatic rings. The third kappa shape index (κ3) is 5.93. The van der Waals surface area contributed by atoms with Crippen molar-refractivity contribution in [1.82, 2.24) is 5.32 Å². The average Bonchev–Trinajstić information content (AvgIpc) is 2.82. The van der Waals surface area contributed by atoms with Crippen LogP contribution in [0.4, 0.5) is 0 Å². The van der Waals surface area contributed by atoms with Gasteiger partial charge in [0.15, 0.2) is 0 Å². The van der Waals surface area contributed by atoms with Gasteiger partial charge in [-0.3, -0.25) is 9.59 Å². The van der Waals surface area contributed by atoms with Crippen molar-refractivity contribution in [2.45, 2.75) is 65.2 Å². The number of hydrogen-bond donors (Lipinski definition) is 2. The Balaban J connectivity index is 2.25. The summed E-state index contributed by atoms with van der Waals surface area (Å²) in [6.45, 7) is 4.96. The molecule has 4 nitrogen and oxygen atoms in total. The van der Waals surface area contributed by atoms with E-state index in [1.165, 1.54) is 0 Å². The largest absolute Gasteiger partial charge is 0.481 e. The van der Waals surface area contributed by atoms with Crippen molar-refractivity contribution in [3.8, 4) is 0 Å². The van der Waals surface area contributed by atoms with Crippen LogP contribution in [0.25, 0.3) is 0 Å². The number of hydrogen-bond acceptors (Lipinski definition) is 2. The van der Waals surface area contributed by atoms with Gasteiger partial charge in [0.1, 0.15) is 0 Å². The van der Waals surface area contributed by atoms with E-state index in [0.717, 1.165) is 44.9 Å². The number of aliphatic carboxylic acids is 1. The lowest BCUT2D eigenvalue weighted by atomic mass is 9.94. The van der Waals surface area contributed by atoms with E-state index >= 15 is 0 Å². The van der Waals surface area contributed by atoms with Crippen LogP contribution in [0, 0.1) is 17.8 Å². The Kier molecular flexibility index (Phi) is 7.63. The van der Waals surface area contributed by atoms with Crippen molar-refractivity contribution in [1.29, 1.82) is 0 Å². The summed E-state index contributed by atoms with van der Waals surface area (Å²) < 4.78 is 0. The standard InChI is InChI=1S/C16H29NO3/c1-3-5-13(8-9-15(18)19)10-11-17-16(20)14-7-4-6-12(14)2/h12-14H,3-11H2,1-2H3,(H,17,20)(H,18,19). The second-order valence-electron chi connectivity index (χ2n) is 6.18. The minimum atomic E-state index is -0.727. The van der Waals surface area contributed by atoms with Crippen LogP contribution in [-0.2, 0) is 9.59 Å². The van der Waals surface area contributed by atoms with Crippen molar-refractivity contribution in [3.63, 3.8) is 0 Å². The molecule has 116 valence electrons. The predicted octanol–water partition coefficient (Wildman–Crippen LogP) is 3.21. The topological polar surface area (TPSA) is 66.4 Å². The highest BCUT2D eigenvalue weighted by molar-refractivity contribution is 5.79. The lowest BCUT2D eigenvalue weighted by Crippen LogP contribution is -2.33. The molecular weight excluding hydrogens is 254 g/mol. The van der Waals surface area contributed by atoms with Crippen LogP contribution in [0.15, 0.2) is 0 Å². The van der Waals surface area contributed by atoms with Crippen LogP contribution in [0.1, 0.15) is 65.2 Å². The summed E-state index contributed by atoms with van der Waals surface area (Å²) in [5.74, 6) is 0.586. The van der Waals surface area contributed by atoms with Gasteiger partial charge >= 0.3 is 5.97 Å². The number of carbonyl (C=O) groups is 2. The Labute approximate surface area is 122 Å². The fourth-order valence-electron chi connectivity index (χ4n) is 3.23. The highest BCUT2D eigenvalue weighted by Crippen LogP contribution is 2.31. The Bertz CT molecular complexity index is 317. The Morgan fingerprint density at radius 3 is 2.55 bits per heavy atom. The van der Waals surface area contributed by atoms with E-state index in [9.17, 15) is 9.59 Å². The SMILES string of the molecule is CCCC(CCNC(=O)C1CCCC1C)CCC(=O)O. The maximum atomic E-state index is 12.1. The zero-order valence-electron chi connectivity index (χ0n) is 12.9. The molecule has 0 heterocycles. The number of nitrogens with one attached hydrogen (secondary N) is 1. The summed E-state index contributed by atoms with van der Waals surface area (Å²) in [6, 6.07) is 0. The molecule has 20 heavy (non-hydrogen) atoms. The quantitative estimate of drug-likeness (QED) is 0.683. The lowest BCUT2D eigenvalue weighted by Gasteiger charge is -2.18. The van der Waals surface area contributed by atoms with Gasteiger partial charge in [-0.1, -0.05) is 33.1 Å². The molecule has 4 heteroatoms. The molecule has 0 bridgehead atoms. The first-order chi connectivity index (χ1) is 9.54. The molecule has 0 aliphatic heterocycles. The van der Waals surface area contributed by atoms with Crippen molar-refractivity contribution >= 4 is 11.9 Å². The molecule has 1 fully saturated rings. The molecule has 3 atom stereocenters. The molecule has 0 aromatic rings. The van der Waals surface area contributed by atoms with Crippen LogP contribution >= 0.6 is 0 Å². The molecule has 1 rings (SSSR count). The Morgan fingerprint density at radius 2 is 2.00 bits per heavy atom. The molecule has 2 N–H and O–H groups in total. The van der Waals surface area contributed by atoms with Gasteiger partial charge in [-0.25, -0.2) is 0 Å². The molecular formula is C16H29NO3. The van der Waals surface area contributed by atoms with Crippen LogP contribution in [0.2, 0.25) is 0 Å². The number of amides is 1. The molecule has 0 saturated heterocycles. The second-order valence-corrected chi connectivity index (χ2v) is 6.18. The molecule has 3 unspecified atom stereocenters. The summed E-state index contributed by atoms with van der Waals surface area (Å²) in [4.78, 5) is 22.7. The summed E-state index contributed by atoms with van der Waals surface area (Å²) in [7, 11) is 0. The van der Waals surface area contributed by atoms with E-state index in [-0.39, 0.29) is 18.2 Å². The van der Waals surface area contributed by atoms with Gasteiger partial charge in [0.2, 0.25) is 5.91 Å². The summed E-state index contributed by atoms with van der Waals surface area (Å²) in [5, 5.41) is 11.8. The monoisotopic (exact) mass is 283 g/mol. The molecule has 1 saturated carbocycles. The fraction of sp³-hybridized carbons (Fsp3) is 0.875. The maximum Gasteiger partial charge on any atom is 0.303 e. The van der Waals surface area contributed by atoms with Gasteiger partial charge < -0.3 is 10.4 Å². The molecule has 0 radical (unpaired) electrons. The van der Waals surface area contributed by atoms with Crippen molar-refractivity contribution in [2.24, 2.45) is 17.8 Å². The van der Waals surface area contributed by atoms with Crippen LogP contribution in [-0.4, -0.2) is 23.5 Å². The van der Waals surface area contributed by atoms with Crippen molar-refractivity contribution in [3.05, 3.63) is 0 Å². The normalized spacial score (nSPS) is 23.5. The minimum absolute atomic E-state index is 0.193. The van der Waals surface area contributed by atoms with Gasteiger partial charge in [-0.15, -0.1) is 0 Å².